The molecule has 0 bridgehead atoms. The van der Waals surface area contributed by atoms with Crippen LogP contribution in [-0.4, -0.2) is 21.0 Å². The fourth-order valence-electron chi connectivity index (χ4n) is 3.89. The summed E-state index contributed by atoms with van der Waals surface area (Å²) in [5.74, 6) is 0.655. The van der Waals surface area contributed by atoms with Gasteiger partial charge in [-0.3, -0.25) is 15.0 Å². The number of rotatable bonds is 6. The van der Waals surface area contributed by atoms with E-state index in [1.165, 1.54) is 18.4 Å². The Morgan fingerprint density at radius 1 is 1.00 bits per heavy atom. The third-order valence-corrected chi connectivity index (χ3v) is 5.90. The van der Waals surface area contributed by atoms with Crippen LogP contribution in [0, 0.1) is 5.92 Å². The topological polar surface area (TPSA) is 76.7 Å². The van der Waals surface area contributed by atoms with Crippen molar-refractivity contribution in [1.29, 1.82) is 0 Å². The molecule has 3 aromatic heterocycles. The van der Waals surface area contributed by atoms with Crippen molar-refractivity contribution in [2.75, 3.05) is 5.32 Å². The number of nitrogens with zero attached hydrogens (tertiary/aromatic N) is 3. The second-order valence-electron chi connectivity index (χ2n) is 7.81. The molecule has 5 nitrogen and oxygen atoms in total. The van der Waals surface area contributed by atoms with E-state index < -0.39 is 0 Å². The van der Waals surface area contributed by atoms with E-state index in [9.17, 15) is 0 Å². The zero-order chi connectivity index (χ0) is 20.1. The van der Waals surface area contributed by atoms with Crippen molar-refractivity contribution in [2.45, 2.75) is 44.7 Å². The molecule has 4 rings (SSSR count). The van der Waals surface area contributed by atoms with Gasteiger partial charge in [0.05, 0.1) is 10.7 Å². The molecule has 1 aliphatic carbocycles. The lowest BCUT2D eigenvalue weighted by atomic mass is 9.83. The van der Waals surface area contributed by atoms with Gasteiger partial charge in [-0.25, -0.2) is 0 Å². The highest BCUT2D eigenvalue weighted by Crippen LogP contribution is 2.31. The Bertz CT molecular complexity index is 939. The first-order valence-electron chi connectivity index (χ1n) is 10.2. The summed E-state index contributed by atoms with van der Waals surface area (Å²) in [6.07, 6.45) is 14.6. The minimum Gasteiger partial charge on any atom is -0.380 e. The molecule has 3 heterocycles. The highest BCUT2D eigenvalue weighted by Gasteiger charge is 2.19. The molecule has 0 atom stereocenters. The Morgan fingerprint density at radius 2 is 1.79 bits per heavy atom. The molecule has 150 valence electrons. The standard InChI is InChI=1S/C23H26ClN5/c24-23-15-29-20(9-16-1-3-19(25)4-2-16)11-22(23)18-10-21(14-27-13-18)28-12-17-5-7-26-8-6-17/h5-8,10-11,13-16,19,28H,1-4,9,12,25H2. The SMILES string of the molecule is NC1CCC(Cc2cc(-c3cncc(NCc4ccncc4)c3)c(Cl)cn2)CC1. The van der Waals surface area contributed by atoms with Crippen LogP contribution in [0.1, 0.15) is 36.9 Å². The number of hydrogen-bond acceptors (Lipinski definition) is 5. The molecule has 3 N–H and O–H groups in total. The van der Waals surface area contributed by atoms with Crippen LogP contribution in [0.2, 0.25) is 5.02 Å². The Labute approximate surface area is 176 Å². The predicted molar refractivity (Wildman–Crippen MR) is 118 cm³/mol. The van der Waals surface area contributed by atoms with Crippen molar-refractivity contribution in [1.82, 2.24) is 15.0 Å². The number of pyridine rings is 3. The number of aromatic nitrogens is 3. The average Bonchev–Trinajstić information content (AvgIpc) is 2.76. The van der Waals surface area contributed by atoms with Gasteiger partial charge in [0.1, 0.15) is 0 Å². The highest BCUT2D eigenvalue weighted by molar-refractivity contribution is 6.33. The summed E-state index contributed by atoms with van der Waals surface area (Å²) in [5, 5.41) is 4.06. The summed E-state index contributed by atoms with van der Waals surface area (Å²) < 4.78 is 0. The minimum absolute atomic E-state index is 0.369. The van der Waals surface area contributed by atoms with E-state index in [0.717, 1.165) is 41.8 Å². The van der Waals surface area contributed by atoms with E-state index in [1.807, 2.05) is 24.5 Å². The largest absolute Gasteiger partial charge is 0.380 e. The zero-order valence-electron chi connectivity index (χ0n) is 16.4. The van der Waals surface area contributed by atoms with Gasteiger partial charge < -0.3 is 11.1 Å². The van der Waals surface area contributed by atoms with E-state index >= 15 is 0 Å². The van der Waals surface area contributed by atoms with Gasteiger partial charge in [0.15, 0.2) is 0 Å². The summed E-state index contributed by atoms with van der Waals surface area (Å²) in [6, 6.07) is 8.55. The number of anilines is 1. The highest BCUT2D eigenvalue weighted by atomic mass is 35.5. The molecule has 0 aliphatic heterocycles. The van der Waals surface area contributed by atoms with Crippen molar-refractivity contribution in [3.63, 3.8) is 0 Å². The predicted octanol–water partition coefficient (Wildman–Crippen LogP) is 4.86. The first kappa shape index (κ1) is 19.8. The molecule has 3 aromatic rings. The van der Waals surface area contributed by atoms with Crippen molar-refractivity contribution < 1.29 is 0 Å². The first-order valence-corrected chi connectivity index (χ1v) is 10.5. The van der Waals surface area contributed by atoms with Crippen LogP contribution in [-0.2, 0) is 13.0 Å². The van der Waals surface area contributed by atoms with Gasteiger partial charge in [-0.1, -0.05) is 11.6 Å². The van der Waals surface area contributed by atoms with E-state index in [0.29, 0.717) is 23.5 Å². The molecule has 0 saturated heterocycles. The van der Waals surface area contributed by atoms with Crippen LogP contribution >= 0.6 is 11.6 Å². The van der Waals surface area contributed by atoms with Crippen LogP contribution in [0.15, 0.2) is 55.2 Å². The molecule has 0 aromatic carbocycles. The number of hydrogen-bond donors (Lipinski definition) is 2. The van der Waals surface area contributed by atoms with Crippen molar-refractivity contribution in [3.05, 3.63) is 71.5 Å². The Hall–Kier alpha value is -2.50. The summed E-state index contributed by atoms with van der Waals surface area (Å²) >= 11 is 6.48. The lowest BCUT2D eigenvalue weighted by Gasteiger charge is -2.25. The van der Waals surface area contributed by atoms with Gasteiger partial charge in [0.25, 0.3) is 0 Å². The van der Waals surface area contributed by atoms with Crippen molar-refractivity contribution in [3.8, 4) is 11.1 Å². The van der Waals surface area contributed by atoms with E-state index in [2.05, 4.69) is 32.4 Å². The normalized spacial score (nSPS) is 19.1. The third kappa shape index (κ3) is 5.31. The van der Waals surface area contributed by atoms with Gasteiger partial charge in [-0.05, 0) is 67.9 Å². The van der Waals surface area contributed by atoms with Crippen LogP contribution in [0.4, 0.5) is 5.69 Å². The quantitative estimate of drug-likeness (QED) is 0.609. The Morgan fingerprint density at radius 3 is 2.59 bits per heavy atom. The average molecular weight is 408 g/mol. The van der Waals surface area contributed by atoms with Crippen LogP contribution in [0.3, 0.4) is 0 Å². The second kappa shape index (κ2) is 9.33. The van der Waals surface area contributed by atoms with Gasteiger partial charge in [0, 0.05) is 60.4 Å². The number of halogens is 1. The molecular weight excluding hydrogens is 382 g/mol. The monoisotopic (exact) mass is 407 g/mol. The molecule has 1 aliphatic rings. The maximum atomic E-state index is 6.48. The smallest absolute Gasteiger partial charge is 0.0668 e. The van der Waals surface area contributed by atoms with Gasteiger partial charge in [0.2, 0.25) is 0 Å². The van der Waals surface area contributed by atoms with Crippen LogP contribution in [0.25, 0.3) is 11.1 Å². The summed E-state index contributed by atoms with van der Waals surface area (Å²) in [4.78, 5) is 13.0. The molecule has 0 radical (unpaired) electrons. The maximum Gasteiger partial charge on any atom is 0.0668 e. The fourth-order valence-corrected chi connectivity index (χ4v) is 4.10. The molecule has 6 heteroatoms. The lowest BCUT2D eigenvalue weighted by Crippen LogP contribution is -2.27. The first-order chi connectivity index (χ1) is 14.2. The summed E-state index contributed by atoms with van der Waals surface area (Å²) in [6.45, 7) is 0.715. The molecule has 29 heavy (non-hydrogen) atoms. The van der Waals surface area contributed by atoms with E-state index in [-0.39, 0.29) is 0 Å². The van der Waals surface area contributed by atoms with Crippen molar-refractivity contribution in [2.24, 2.45) is 11.7 Å². The number of nitrogens with one attached hydrogen (secondary N) is 1. The molecule has 0 spiro atoms. The second-order valence-corrected chi connectivity index (χ2v) is 8.22. The van der Waals surface area contributed by atoms with E-state index in [4.69, 9.17) is 17.3 Å². The fraction of sp³-hybridized carbons (Fsp3) is 0.348. The van der Waals surface area contributed by atoms with E-state index in [1.54, 1.807) is 18.6 Å². The molecular formula is C23H26ClN5. The van der Waals surface area contributed by atoms with Gasteiger partial charge in [-0.2, -0.15) is 0 Å². The Balaban J connectivity index is 1.48. The molecule has 0 amide bonds. The minimum atomic E-state index is 0.369. The zero-order valence-corrected chi connectivity index (χ0v) is 17.1. The third-order valence-electron chi connectivity index (χ3n) is 5.60. The van der Waals surface area contributed by atoms with Gasteiger partial charge in [-0.15, -0.1) is 0 Å². The molecule has 0 unspecified atom stereocenters. The van der Waals surface area contributed by atoms with Crippen molar-refractivity contribution >= 4 is 17.3 Å². The van der Waals surface area contributed by atoms with Crippen LogP contribution < -0.4 is 11.1 Å². The lowest BCUT2D eigenvalue weighted by molar-refractivity contribution is 0.323. The molecule has 1 fully saturated rings. The number of nitrogens with two attached hydrogens (primary N) is 1. The Kier molecular flexibility index (Phi) is 6.37. The summed E-state index contributed by atoms with van der Waals surface area (Å²) in [7, 11) is 0. The maximum absolute atomic E-state index is 6.48. The van der Waals surface area contributed by atoms with Crippen LogP contribution in [0.5, 0.6) is 0 Å². The van der Waals surface area contributed by atoms with Gasteiger partial charge >= 0.3 is 0 Å². The summed E-state index contributed by atoms with van der Waals surface area (Å²) in [5.41, 5.74) is 11.2. The molecule has 1 saturated carbocycles.